The van der Waals surface area contributed by atoms with Gasteiger partial charge in [0.15, 0.2) is 6.61 Å². The van der Waals surface area contributed by atoms with Crippen molar-refractivity contribution in [1.29, 1.82) is 5.26 Å². The fraction of sp³-hybridized carbons (Fsp3) is 0.667. The van der Waals surface area contributed by atoms with Gasteiger partial charge in [-0.1, -0.05) is 6.07 Å². The standard InChI is InChI=1S/C24H29F4N3O3/c25-17-3-1-5-20-23(17)15-6-8-16(9-7-15)33-13-19-18(30-21(10-11-29)24(26,27)28)4-2-12-31(19)22(32)14-34-20/h1,3,5,15-16,18-19,21,30H,2,4,6-10,12-14H2. The number of halogens is 4. The van der Waals surface area contributed by atoms with Crippen molar-refractivity contribution in [1.82, 2.24) is 10.2 Å². The Labute approximate surface area is 196 Å². The normalized spacial score (nSPS) is 28.9. The van der Waals surface area contributed by atoms with Gasteiger partial charge in [-0.15, -0.1) is 0 Å². The minimum Gasteiger partial charge on any atom is -0.483 e. The molecule has 3 aliphatic heterocycles. The maximum absolute atomic E-state index is 14.7. The Kier molecular flexibility index (Phi) is 7.63. The summed E-state index contributed by atoms with van der Waals surface area (Å²) in [5, 5.41) is 11.5. The summed E-state index contributed by atoms with van der Waals surface area (Å²) in [6.45, 7) is 0.126. The van der Waals surface area contributed by atoms with Crippen LogP contribution in [0.15, 0.2) is 18.2 Å². The van der Waals surface area contributed by atoms with Gasteiger partial charge in [0.2, 0.25) is 0 Å². The fourth-order valence-corrected chi connectivity index (χ4v) is 5.40. The zero-order valence-electron chi connectivity index (χ0n) is 18.8. The van der Waals surface area contributed by atoms with Gasteiger partial charge in [0.05, 0.1) is 31.2 Å². The van der Waals surface area contributed by atoms with E-state index in [2.05, 4.69) is 5.32 Å². The van der Waals surface area contributed by atoms with E-state index in [0.29, 0.717) is 56.4 Å². The molecule has 2 fully saturated rings. The molecule has 1 N–H and O–H groups in total. The van der Waals surface area contributed by atoms with Crippen molar-refractivity contribution in [3.8, 4) is 11.8 Å². The Hall–Kier alpha value is -2.38. The van der Waals surface area contributed by atoms with Crippen LogP contribution < -0.4 is 10.1 Å². The lowest BCUT2D eigenvalue weighted by atomic mass is 9.82. The fourth-order valence-electron chi connectivity index (χ4n) is 5.40. The van der Waals surface area contributed by atoms with Crippen LogP contribution in [0.3, 0.4) is 0 Å². The third-order valence-corrected chi connectivity index (χ3v) is 7.15. The molecule has 10 heteroatoms. The number of benzene rings is 1. The monoisotopic (exact) mass is 483 g/mol. The van der Waals surface area contributed by atoms with E-state index in [4.69, 9.17) is 14.7 Å². The summed E-state index contributed by atoms with van der Waals surface area (Å²) in [5.74, 6) is -0.445. The number of rotatable bonds is 3. The van der Waals surface area contributed by atoms with E-state index in [-0.39, 0.29) is 37.0 Å². The highest BCUT2D eigenvalue weighted by Crippen LogP contribution is 2.40. The van der Waals surface area contributed by atoms with Crippen molar-refractivity contribution in [3.63, 3.8) is 0 Å². The van der Waals surface area contributed by atoms with Gasteiger partial charge in [-0.3, -0.25) is 4.79 Å². The summed E-state index contributed by atoms with van der Waals surface area (Å²) in [4.78, 5) is 14.6. The smallest absolute Gasteiger partial charge is 0.404 e. The summed E-state index contributed by atoms with van der Waals surface area (Å²) in [6.07, 6.45) is -1.68. The van der Waals surface area contributed by atoms with E-state index >= 15 is 0 Å². The van der Waals surface area contributed by atoms with Gasteiger partial charge in [-0.2, -0.15) is 18.4 Å². The molecule has 0 aromatic heterocycles. The number of hydrogen-bond acceptors (Lipinski definition) is 5. The van der Waals surface area contributed by atoms with Crippen LogP contribution >= 0.6 is 0 Å². The molecular weight excluding hydrogens is 454 g/mol. The first-order valence-corrected chi connectivity index (χ1v) is 11.8. The first kappa shape index (κ1) is 24.7. The topological polar surface area (TPSA) is 74.6 Å². The van der Waals surface area contributed by atoms with Crippen LogP contribution in [0.5, 0.6) is 5.75 Å². The lowest BCUT2D eigenvalue weighted by Crippen LogP contribution is -2.62. The number of nitriles is 1. The second-order valence-corrected chi connectivity index (χ2v) is 9.27. The largest absolute Gasteiger partial charge is 0.483 e. The first-order chi connectivity index (χ1) is 16.3. The quantitative estimate of drug-likeness (QED) is 0.657. The second kappa shape index (κ2) is 10.5. The van der Waals surface area contributed by atoms with Crippen LogP contribution in [-0.4, -0.2) is 61.0 Å². The molecule has 0 spiro atoms. The van der Waals surface area contributed by atoms with Crippen LogP contribution in [0.4, 0.5) is 17.6 Å². The molecule has 3 unspecified atom stereocenters. The van der Waals surface area contributed by atoms with Gasteiger partial charge in [0.1, 0.15) is 17.6 Å². The number of alkyl halides is 3. The van der Waals surface area contributed by atoms with Gasteiger partial charge >= 0.3 is 6.18 Å². The van der Waals surface area contributed by atoms with Gasteiger partial charge in [0.25, 0.3) is 5.91 Å². The summed E-state index contributed by atoms with van der Waals surface area (Å²) in [7, 11) is 0. The van der Waals surface area contributed by atoms with Gasteiger partial charge < -0.3 is 19.7 Å². The summed E-state index contributed by atoms with van der Waals surface area (Å²) in [6, 6.07) is 2.90. The van der Waals surface area contributed by atoms with Gasteiger partial charge in [0, 0.05) is 18.2 Å². The Bertz CT molecular complexity index is 912. The molecular formula is C24H29F4N3O3. The highest BCUT2D eigenvalue weighted by Gasteiger charge is 2.44. The molecule has 1 aliphatic carbocycles. The average Bonchev–Trinajstić information content (AvgIpc) is 2.82. The van der Waals surface area contributed by atoms with E-state index < -0.39 is 30.7 Å². The lowest BCUT2D eigenvalue weighted by Gasteiger charge is -2.43. The molecule has 6 nitrogen and oxygen atoms in total. The molecule has 5 rings (SSSR count). The Morgan fingerprint density at radius 1 is 1.21 bits per heavy atom. The Morgan fingerprint density at radius 3 is 2.68 bits per heavy atom. The minimum atomic E-state index is -4.58. The van der Waals surface area contributed by atoms with Crippen molar-refractivity contribution in [3.05, 3.63) is 29.6 Å². The number of amides is 1. The number of carbonyl (C=O) groups is 1. The third kappa shape index (κ3) is 5.47. The number of fused-ring (bicyclic) bond motifs is 5. The molecule has 1 saturated carbocycles. The first-order valence-electron chi connectivity index (χ1n) is 11.8. The number of hydrogen-bond donors (Lipinski definition) is 1. The van der Waals surface area contributed by atoms with Crippen LogP contribution in [-0.2, 0) is 9.53 Å². The van der Waals surface area contributed by atoms with E-state index in [1.807, 2.05) is 0 Å². The third-order valence-electron chi connectivity index (χ3n) is 7.15. The van der Waals surface area contributed by atoms with E-state index in [1.165, 1.54) is 11.0 Å². The zero-order valence-corrected chi connectivity index (χ0v) is 18.8. The SMILES string of the molecule is N#CCC(NC1CCCN2C(=O)COc3cccc(F)c3C3CCC(CC3)OCC12)C(F)(F)F. The number of piperidine rings is 1. The molecule has 3 atom stereocenters. The summed E-state index contributed by atoms with van der Waals surface area (Å²) >= 11 is 0. The zero-order chi connectivity index (χ0) is 24.3. The highest BCUT2D eigenvalue weighted by atomic mass is 19.4. The highest BCUT2D eigenvalue weighted by molar-refractivity contribution is 5.78. The van der Waals surface area contributed by atoms with E-state index in [0.717, 1.165) is 0 Å². The molecule has 186 valence electrons. The average molecular weight is 484 g/mol. The molecule has 4 aliphatic rings. The molecule has 1 amide bonds. The van der Waals surface area contributed by atoms with Crippen molar-refractivity contribution < 1.29 is 31.8 Å². The van der Waals surface area contributed by atoms with Crippen LogP contribution in [0.1, 0.15) is 56.4 Å². The number of nitrogens with one attached hydrogen (secondary N) is 1. The molecule has 3 heterocycles. The summed E-state index contributed by atoms with van der Waals surface area (Å²) < 4.78 is 67.1. The number of nitrogens with zero attached hydrogens (tertiary/aromatic N) is 2. The lowest BCUT2D eigenvalue weighted by molar-refractivity contribution is -0.161. The predicted molar refractivity (Wildman–Crippen MR) is 115 cm³/mol. The van der Waals surface area contributed by atoms with Gasteiger partial charge in [-0.25, -0.2) is 4.39 Å². The molecule has 1 aromatic rings. The summed E-state index contributed by atoms with van der Waals surface area (Å²) in [5.41, 5.74) is 0.479. The van der Waals surface area contributed by atoms with Crippen molar-refractivity contribution in [2.45, 2.75) is 81.3 Å². The van der Waals surface area contributed by atoms with Crippen LogP contribution in [0, 0.1) is 17.1 Å². The molecule has 0 radical (unpaired) electrons. The maximum atomic E-state index is 14.7. The molecule has 1 saturated heterocycles. The van der Waals surface area contributed by atoms with Crippen molar-refractivity contribution >= 4 is 5.91 Å². The number of ether oxygens (including phenoxy) is 2. The number of carbonyl (C=O) groups excluding carboxylic acids is 1. The Balaban J connectivity index is 1.60. The van der Waals surface area contributed by atoms with Crippen LogP contribution in [0.25, 0.3) is 0 Å². The Morgan fingerprint density at radius 2 is 1.97 bits per heavy atom. The van der Waals surface area contributed by atoms with Crippen molar-refractivity contribution in [2.75, 3.05) is 19.8 Å². The maximum Gasteiger partial charge on any atom is 0.404 e. The molecule has 2 bridgehead atoms. The minimum absolute atomic E-state index is 0.0394. The molecule has 1 aromatic carbocycles. The predicted octanol–water partition coefficient (Wildman–Crippen LogP) is 4.05. The van der Waals surface area contributed by atoms with Gasteiger partial charge in [-0.05, 0) is 56.6 Å². The molecule has 34 heavy (non-hydrogen) atoms. The van der Waals surface area contributed by atoms with Crippen molar-refractivity contribution in [2.24, 2.45) is 0 Å². The van der Waals surface area contributed by atoms with E-state index in [1.54, 1.807) is 18.2 Å². The second-order valence-electron chi connectivity index (χ2n) is 9.27. The van der Waals surface area contributed by atoms with Crippen LogP contribution in [0.2, 0.25) is 0 Å². The van der Waals surface area contributed by atoms with E-state index in [9.17, 15) is 22.4 Å².